The van der Waals surface area contributed by atoms with Gasteiger partial charge in [-0.15, -0.1) is 0 Å². The van der Waals surface area contributed by atoms with Gasteiger partial charge in [-0.1, -0.05) is 18.2 Å². The molecule has 0 atom stereocenters. The molecule has 30 heavy (non-hydrogen) atoms. The van der Waals surface area contributed by atoms with E-state index >= 15 is 0 Å². The molecule has 3 aromatic rings. The molecule has 0 bridgehead atoms. The average Bonchev–Trinajstić information content (AvgIpc) is 3.23. The minimum atomic E-state index is 0.0519. The van der Waals surface area contributed by atoms with Crippen molar-refractivity contribution in [3.63, 3.8) is 0 Å². The quantitative estimate of drug-likeness (QED) is 0.628. The number of anilines is 1. The predicted molar refractivity (Wildman–Crippen MR) is 117 cm³/mol. The number of aromatic amines is 1. The number of benzene rings is 2. The van der Waals surface area contributed by atoms with Gasteiger partial charge in [-0.2, -0.15) is 0 Å². The number of imidazole rings is 1. The maximum absolute atomic E-state index is 12.6. The van der Waals surface area contributed by atoms with Crippen molar-refractivity contribution in [3.05, 3.63) is 48.0 Å². The second-order valence-corrected chi connectivity index (χ2v) is 7.57. The Morgan fingerprint density at radius 3 is 2.63 bits per heavy atom. The van der Waals surface area contributed by atoms with Crippen molar-refractivity contribution in [2.45, 2.75) is 19.3 Å². The highest BCUT2D eigenvalue weighted by atomic mass is 16.5. The number of aromatic nitrogens is 2. The summed E-state index contributed by atoms with van der Waals surface area (Å²) in [6.45, 7) is 2.26. The van der Waals surface area contributed by atoms with E-state index in [2.05, 4.69) is 20.2 Å². The summed E-state index contributed by atoms with van der Waals surface area (Å²) in [6, 6.07) is 13.9. The van der Waals surface area contributed by atoms with Crippen LogP contribution in [0.2, 0.25) is 0 Å². The van der Waals surface area contributed by atoms with Crippen LogP contribution in [0.4, 0.5) is 5.95 Å². The van der Waals surface area contributed by atoms with Crippen LogP contribution in [-0.2, 0) is 11.2 Å². The zero-order valence-electron chi connectivity index (χ0n) is 17.5. The molecule has 1 aliphatic rings. The third-order valence-corrected chi connectivity index (χ3v) is 5.70. The molecule has 1 fully saturated rings. The molecular weight excluding hydrogens is 380 g/mol. The summed E-state index contributed by atoms with van der Waals surface area (Å²) < 4.78 is 10.6. The van der Waals surface area contributed by atoms with Crippen molar-refractivity contribution in [2.24, 2.45) is 5.92 Å². The van der Waals surface area contributed by atoms with Crippen LogP contribution in [-0.4, -0.2) is 49.7 Å². The van der Waals surface area contributed by atoms with Gasteiger partial charge in [0.05, 0.1) is 25.3 Å². The first kappa shape index (κ1) is 20.1. The predicted octanol–water partition coefficient (Wildman–Crippen LogP) is 3.16. The van der Waals surface area contributed by atoms with Crippen LogP contribution >= 0.6 is 0 Å². The summed E-state index contributed by atoms with van der Waals surface area (Å²) in [4.78, 5) is 22.9. The van der Waals surface area contributed by atoms with E-state index in [9.17, 15) is 4.79 Å². The van der Waals surface area contributed by atoms with Gasteiger partial charge in [-0.05, 0) is 49.1 Å². The van der Waals surface area contributed by atoms with Crippen molar-refractivity contribution < 1.29 is 14.3 Å². The molecular formula is C23H28N4O3. The fraction of sp³-hybridized carbons (Fsp3) is 0.391. The van der Waals surface area contributed by atoms with Crippen molar-refractivity contribution in [3.8, 4) is 11.5 Å². The van der Waals surface area contributed by atoms with E-state index < -0.39 is 0 Å². The first-order valence-corrected chi connectivity index (χ1v) is 10.4. The second-order valence-electron chi connectivity index (χ2n) is 7.57. The van der Waals surface area contributed by atoms with E-state index in [0.29, 0.717) is 18.0 Å². The number of hydrogen-bond donors (Lipinski definition) is 2. The number of ether oxygens (including phenoxy) is 2. The molecule has 158 valence electrons. The highest BCUT2D eigenvalue weighted by Gasteiger charge is 2.26. The molecule has 0 spiro atoms. The molecule has 0 radical (unpaired) electrons. The van der Waals surface area contributed by atoms with Crippen LogP contribution in [0.5, 0.6) is 11.5 Å². The van der Waals surface area contributed by atoms with Crippen molar-refractivity contribution in [1.82, 2.24) is 15.3 Å². The molecule has 0 unspecified atom stereocenters. The van der Waals surface area contributed by atoms with E-state index in [1.54, 1.807) is 14.2 Å². The number of rotatable bonds is 7. The maximum atomic E-state index is 12.6. The molecule has 1 aromatic heterocycles. The number of H-pyrrole nitrogens is 1. The molecule has 0 aliphatic carbocycles. The van der Waals surface area contributed by atoms with Gasteiger partial charge >= 0.3 is 0 Å². The topological polar surface area (TPSA) is 79.5 Å². The number of fused-ring (bicyclic) bond motifs is 1. The van der Waals surface area contributed by atoms with Gasteiger partial charge in [0.25, 0.3) is 0 Å². The van der Waals surface area contributed by atoms with Crippen LogP contribution in [0.15, 0.2) is 42.5 Å². The van der Waals surface area contributed by atoms with Crippen LogP contribution in [0.3, 0.4) is 0 Å². The lowest BCUT2D eigenvalue weighted by atomic mass is 9.96. The largest absolute Gasteiger partial charge is 0.493 e. The van der Waals surface area contributed by atoms with Crippen molar-refractivity contribution in [1.29, 1.82) is 0 Å². The minimum Gasteiger partial charge on any atom is -0.493 e. The smallest absolute Gasteiger partial charge is 0.223 e. The number of carbonyl (C=O) groups is 1. The third kappa shape index (κ3) is 4.35. The number of hydrogen-bond acceptors (Lipinski definition) is 5. The Kier molecular flexibility index (Phi) is 6.07. The number of carbonyl (C=O) groups excluding carboxylic acids is 1. The van der Waals surface area contributed by atoms with E-state index in [1.807, 2.05) is 42.5 Å². The SMILES string of the molecule is COc1ccc(CCNC(=O)C2CCN(c3nc4ccccc4[nH]3)CC2)cc1OC. The number of nitrogens with zero attached hydrogens (tertiary/aromatic N) is 2. The first-order chi connectivity index (χ1) is 14.7. The normalized spacial score (nSPS) is 14.7. The molecule has 7 nitrogen and oxygen atoms in total. The van der Waals surface area contributed by atoms with Crippen LogP contribution < -0.4 is 19.7 Å². The summed E-state index contributed by atoms with van der Waals surface area (Å²) in [7, 11) is 3.25. The number of amides is 1. The first-order valence-electron chi connectivity index (χ1n) is 10.4. The van der Waals surface area contributed by atoms with Crippen molar-refractivity contribution >= 4 is 22.9 Å². The summed E-state index contributed by atoms with van der Waals surface area (Å²) >= 11 is 0. The maximum Gasteiger partial charge on any atom is 0.223 e. The van der Waals surface area contributed by atoms with E-state index in [4.69, 9.17) is 9.47 Å². The molecule has 1 aliphatic heterocycles. The molecule has 4 rings (SSSR count). The molecule has 2 N–H and O–H groups in total. The highest BCUT2D eigenvalue weighted by molar-refractivity contribution is 5.79. The Hall–Kier alpha value is -3.22. The van der Waals surface area contributed by atoms with Gasteiger partial charge in [0.15, 0.2) is 11.5 Å². The lowest BCUT2D eigenvalue weighted by molar-refractivity contribution is -0.125. The van der Waals surface area contributed by atoms with Crippen molar-refractivity contribution in [2.75, 3.05) is 38.8 Å². The summed E-state index contributed by atoms with van der Waals surface area (Å²) in [5, 5.41) is 3.09. The Morgan fingerprint density at radius 1 is 1.13 bits per heavy atom. The number of para-hydroxylation sites is 2. The van der Waals surface area contributed by atoms with Gasteiger partial charge in [0.2, 0.25) is 11.9 Å². The van der Waals surface area contributed by atoms with E-state index in [1.165, 1.54) is 0 Å². The Bertz CT molecular complexity index is 976. The van der Waals surface area contributed by atoms with Crippen LogP contribution in [0.25, 0.3) is 11.0 Å². The standard InChI is InChI=1S/C23H28N4O3/c1-29-20-8-7-16(15-21(20)30-2)9-12-24-22(28)17-10-13-27(14-11-17)23-25-18-5-3-4-6-19(18)26-23/h3-8,15,17H,9-14H2,1-2H3,(H,24,28)(H,25,26). The number of piperidine rings is 1. The fourth-order valence-corrected chi connectivity index (χ4v) is 3.95. The molecule has 1 saturated heterocycles. The fourth-order valence-electron chi connectivity index (χ4n) is 3.95. The lowest BCUT2D eigenvalue weighted by Crippen LogP contribution is -2.41. The van der Waals surface area contributed by atoms with Gasteiger partial charge in [0.1, 0.15) is 0 Å². The zero-order chi connectivity index (χ0) is 20.9. The highest BCUT2D eigenvalue weighted by Crippen LogP contribution is 2.28. The van der Waals surface area contributed by atoms with Gasteiger partial charge in [0, 0.05) is 25.6 Å². The Labute approximate surface area is 176 Å². The van der Waals surface area contributed by atoms with Crippen LogP contribution in [0.1, 0.15) is 18.4 Å². The third-order valence-electron chi connectivity index (χ3n) is 5.70. The van der Waals surface area contributed by atoms with Gasteiger partial charge < -0.3 is 24.7 Å². The molecule has 2 heterocycles. The second kappa shape index (κ2) is 9.07. The summed E-state index contributed by atoms with van der Waals surface area (Å²) in [5.41, 5.74) is 3.12. The summed E-state index contributed by atoms with van der Waals surface area (Å²) in [5.74, 6) is 2.50. The molecule has 7 heteroatoms. The van der Waals surface area contributed by atoms with Gasteiger partial charge in [-0.3, -0.25) is 4.79 Å². The Balaban J connectivity index is 1.25. The van der Waals surface area contributed by atoms with Crippen LogP contribution in [0, 0.1) is 5.92 Å². The number of methoxy groups -OCH3 is 2. The Morgan fingerprint density at radius 2 is 1.90 bits per heavy atom. The van der Waals surface area contributed by atoms with E-state index in [0.717, 1.165) is 54.9 Å². The monoisotopic (exact) mass is 408 g/mol. The number of nitrogens with one attached hydrogen (secondary N) is 2. The van der Waals surface area contributed by atoms with Gasteiger partial charge in [-0.25, -0.2) is 4.98 Å². The van der Waals surface area contributed by atoms with E-state index in [-0.39, 0.29) is 11.8 Å². The molecule has 0 saturated carbocycles. The zero-order valence-corrected chi connectivity index (χ0v) is 17.5. The summed E-state index contributed by atoms with van der Waals surface area (Å²) in [6.07, 6.45) is 2.42. The molecule has 2 aromatic carbocycles. The molecule has 1 amide bonds. The minimum absolute atomic E-state index is 0.0519. The average molecular weight is 409 g/mol. The lowest BCUT2D eigenvalue weighted by Gasteiger charge is -2.31.